The largest absolute Gasteiger partial charge is 0.379 e. The molecule has 5 heteroatoms. The van der Waals surface area contributed by atoms with Crippen LogP contribution in [0.3, 0.4) is 0 Å². The molecule has 0 unspecified atom stereocenters. The highest BCUT2D eigenvalue weighted by Gasteiger charge is 2.27. The molecule has 0 radical (unpaired) electrons. The number of morpholine rings is 1. The van der Waals surface area contributed by atoms with Crippen molar-refractivity contribution in [2.75, 3.05) is 31.6 Å². The van der Waals surface area contributed by atoms with Crippen LogP contribution in [0.15, 0.2) is 42.5 Å². The van der Waals surface area contributed by atoms with Gasteiger partial charge in [-0.25, -0.2) is 4.98 Å². The second-order valence-electron chi connectivity index (χ2n) is 6.77. The zero-order chi connectivity index (χ0) is 17.1. The number of rotatable bonds is 5. The molecule has 130 valence electrons. The summed E-state index contributed by atoms with van der Waals surface area (Å²) in [7, 11) is 0. The highest BCUT2D eigenvalue weighted by molar-refractivity contribution is 6.03. The maximum Gasteiger partial charge on any atom is 0.274 e. The number of hydrogen-bond acceptors (Lipinski definition) is 4. The number of pyridine rings is 1. The molecule has 2 aromatic rings. The van der Waals surface area contributed by atoms with Crippen molar-refractivity contribution >= 4 is 11.6 Å². The number of ether oxygens (including phenoxy) is 1. The number of aromatic nitrogens is 1. The van der Waals surface area contributed by atoms with Gasteiger partial charge in [-0.15, -0.1) is 0 Å². The van der Waals surface area contributed by atoms with Gasteiger partial charge in [-0.05, 0) is 42.7 Å². The fraction of sp³-hybridized carbons (Fsp3) is 0.400. The average Bonchev–Trinajstić information content (AvgIpc) is 3.48. The maximum absolute atomic E-state index is 12.6. The predicted octanol–water partition coefficient (Wildman–Crippen LogP) is 3.04. The normalized spacial score (nSPS) is 18.1. The van der Waals surface area contributed by atoms with Crippen LogP contribution >= 0.6 is 0 Å². The van der Waals surface area contributed by atoms with Gasteiger partial charge >= 0.3 is 0 Å². The Balaban J connectivity index is 1.54. The van der Waals surface area contributed by atoms with Crippen molar-refractivity contribution in [1.82, 2.24) is 9.88 Å². The highest BCUT2D eigenvalue weighted by Crippen LogP contribution is 2.39. The summed E-state index contributed by atoms with van der Waals surface area (Å²) in [4.78, 5) is 19.6. The molecule has 0 atom stereocenters. The number of nitrogens with one attached hydrogen (secondary N) is 1. The summed E-state index contributed by atoms with van der Waals surface area (Å²) in [6.45, 7) is 4.28. The van der Waals surface area contributed by atoms with Crippen LogP contribution in [0, 0.1) is 0 Å². The van der Waals surface area contributed by atoms with Gasteiger partial charge in [0.05, 0.1) is 13.2 Å². The predicted molar refractivity (Wildman–Crippen MR) is 96.7 cm³/mol. The minimum Gasteiger partial charge on any atom is -0.379 e. The third kappa shape index (κ3) is 4.24. The summed E-state index contributed by atoms with van der Waals surface area (Å²) in [5.74, 6) is 0.379. The van der Waals surface area contributed by atoms with E-state index in [4.69, 9.17) is 4.74 Å². The molecule has 1 aromatic carbocycles. The number of amides is 1. The Hall–Kier alpha value is -2.24. The third-order valence-electron chi connectivity index (χ3n) is 4.67. The van der Waals surface area contributed by atoms with E-state index in [1.807, 2.05) is 36.4 Å². The molecular formula is C20H23N3O2. The molecule has 1 N–H and O–H groups in total. The van der Waals surface area contributed by atoms with Crippen molar-refractivity contribution in [3.8, 4) is 0 Å². The Kier molecular flexibility index (Phi) is 4.76. The summed E-state index contributed by atoms with van der Waals surface area (Å²) in [6.07, 6.45) is 2.35. The van der Waals surface area contributed by atoms with Gasteiger partial charge in [-0.2, -0.15) is 0 Å². The number of para-hydroxylation sites is 1. The van der Waals surface area contributed by atoms with Crippen molar-refractivity contribution in [3.63, 3.8) is 0 Å². The number of carbonyl (C=O) groups is 1. The quantitative estimate of drug-likeness (QED) is 0.911. The lowest BCUT2D eigenvalue weighted by Gasteiger charge is -2.26. The first kappa shape index (κ1) is 16.2. The summed E-state index contributed by atoms with van der Waals surface area (Å²) < 4.78 is 5.42. The van der Waals surface area contributed by atoms with Crippen LogP contribution < -0.4 is 5.32 Å². The molecule has 1 aromatic heterocycles. The number of anilines is 1. The van der Waals surface area contributed by atoms with E-state index in [0.29, 0.717) is 11.6 Å². The molecule has 2 heterocycles. The average molecular weight is 337 g/mol. The van der Waals surface area contributed by atoms with Gasteiger partial charge < -0.3 is 10.1 Å². The van der Waals surface area contributed by atoms with Crippen LogP contribution in [0.1, 0.15) is 40.5 Å². The van der Waals surface area contributed by atoms with E-state index in [9.17, 15) is 4.79 Å². The van der Waals surface area contributed by atoms with E-state index in [1.165, 1.54) is 12.8 Å². The molecular weight excluding hydrogens is 314 g/mol. The molecule has 0 bridgehead atoms. The van der Waals surface area contributed by atoms with Crippen molar-refractivity contribution < 1.29 is 9.53 Å². The van der Waals surface area contributed by atoms with Crippen molar-refractivity contribution in [3.05, 3.63) is 59.4 Å². The van der Waals surface area contributed by atoms with Crippen molar-refractivity contribution in [2.24, 2.45) is 0 Å². The minimum absolute atomic E-state index is 0.142. The van der Waals surface area contributed by atoms with E-state index in [-0.39, 0.29) is 5.91 Å². The Morgan fingerprint density at radius 3 is 2.64 bits per heavy atom. The fourth-order valence-corrected chi connectivity index (χ4v) is 3.14. The second kappa shape index (κ2) is 7.33. The van der Waals surface area contributed by atoms with E-state index >= 15 is 0 Å². The Morgan fingerprint density at radius 1 is 1.16 bits per heavy atom. The Labute approximate surface area is 148 Å². The van der Waals surface area contributed by atoms with E-state index in [0.717, 1.165) is 49.8 Å². The minimum atomic E-state index is -0.142. The molecule has 1 saturated heterocycles. The molecule has 1 aliphatic carbocycles. The molecule has 1 saturated carbocycles. The van der Waals surface area contributed by atoms with Gasteiger partial charge in [0.25, 0.3) is 5.91 Å². The topological polar surface area (TPSA) is 54.5 Å². The van der Waals surface area contributed by atoms with Crippen molar-refractivity contribution in [2.45, 2.75) is 25.3 Å². The highest BCUT2D eigenvalue weighted by atomic mass is 16.5. The lowest BCUT2D eigenvalue weighted by molar-refractivity contribution is 0.0341. The van der Waals surface area contributed by atoms with E-state index in [1.54, 1.807) is 0 Å². The molecule has 1 amide bonds. The van der Waals surface area contributed by atoms with E-state index in [2.05, 4.69) is 21.3 Å². The molecule has 4 rings (SSSR count). The van der Waals surface area contributed by atoms with Crippen LogP contribution in [-0.4, -0.2) is 42.1 Å². The van der Waals surface area contributed by atoms with E-state index < -0.39 is 0 Å². The summed E-state index contributed by atoms with van der Waals surface area (Å²) >= 11 is 0. The molecule has 25 heavy (non-hydrogen) atoms. The summed E-state index contributed by atoms with van der Waals surface area (Å²) in [6, 6.07) is 13.6. The first-order valence-corrected chi connectivity index (χ1v) is 8.95. The monoisotopic (exact) mass is 337 g/mol. The molecule has 1 aliphatic heterocycles. The van der Waals surface area contributed by atoms with Gasteiger partial charge in [-0.3, -0.25) is 9.69 Å². The lowest BCUT2D eigenvalue weighted by atomic mass is 10.1. The fourth-order valence-electron chi connectivity index (χ4n) is 3.14. The van der Waals surface area contributed by atoms with Gasteiger partial charge in [0.15, 0.2) is 0 Å². The Morgan fingerprint density at radius 2 is 1.92 bits per heavy atom. The van der Waals surface area contributed by atoms with Crippen LogP contribution in [0.25, 0.3) is 0 Å². The van der Waals surface area contributed by atoms with Gasteiger partial charge in [-0.1, -0.05) is 18.2 Å². The first-order chi connectivity index (χ1) is 12.3. The standard InChI is InChI=1S/C20H23N3O2/c24-20(21-17-4-2-1-3-5-17)19-13-15(12-18(22-19)16-6-7-16)14-23-8-10-25-11-9-23/h1-5,12-13,16H,6-11,14H2,(H,21,24). The van der Waals surface area contributed by atoms with Gasteiger partial charge in [0.2, 0.25) is 0 Å². The zero-order valence-electron chi connectivity index (χ0n) is 14.3. The molecule has 5 nitrogen and oxygen atoms in total. The van der Waals surface area contributed by atoms with Crippen molar-refractivity contribution in [1.29, 1.82) is 0 Å². The zero-order valence-corrected chi connectivity index (χ0v) is 14.3. The molecule has 2 aliphatic rings. The van der Waals surface area contributed by atoms with Gasteiger partial charge in [0, 0.05) is 36.9 Å². The Bertz CT molecular complexity index is 738. The smallest absolute Gasteiger partial charge is 0.274 e. The number of nitrogens with zero attached hydrogens (tertiary/aromatic N) is 2. The number of hydrogen-bond donors (Lipinski definition) is 1. The summed E-state index contributed by atoms with van der Waals surface area (Å²) in [5, 5.41) is 2.94. The molecule has 0 spiro atoms. The van der Waals surface area contributed by atoms with Crippen LogP contribution in [0.5, 0.6) is 0 Å². The SMILES string of the molecule is O=C(Nc1ccccc1)c1cc(CN2CCOCC2)cc(C2CC2)n1. The third-order valence-corrected chi connectivity index (χ3v) is 4.67. The van der Waals surface area contributed by atoms with Crippen LogP contribution in [0.2, 0.25) is 0 Å². The summed E-state index contributed by atoms with van der Waals surface area (Å²) in [5.41, 5.74) is 3.53. The van der Waals surface area contributed by atoms with Gasteiger partial charge in [0.1, 0.15) is 5.69 Å². The first-order valence-electron chi connectivity index (χ1n) is 8.95. The second-order valence-corrected chi connectivity index (χ2v) is 6.77. The number of benzene rings is 1. The number of carbonyl (C=O) groups excluding carboxylic acids is 1. The maximum atomic E-state index is 12.6. The van der Waals surface area contributed by atoms with Crippen LogP contribution in [0.4, 0.5) is 5.69 Å². The molecule has 2 fully saturated rings. The lowest BCUT2D eigenvalue weighted by Crippen LogP contribution is -2.35. The van der Waals surface area contributed by atoms with Crippen LogP contribution in [-0.2, 0) is 11.3 Å².